The monoisotopic (exact) mass is 300 g/mol. The van der Waals surface area contributed by atoms with Gasteiger partial charge in [0.05, 0.1) is 16.6 Å². The Kier molecular flexibility index (Phi) is 3.58. The lowest BCUT2D eigenvalue weighted by Gasteiger charge is -2.13. The van der Waals surface area contributed by atoms with Crippen molar-refractivity contribution in [1.82, 2.24) is 19.9 Å². The van der Waals surface area contributed by atoms with Crippen molar-refractivity contribution in [3.05, 3.63) is 65.1 Å². The normalized spacial score (nSPS) is 12.3. The van der Waals surface area contributed by atoms with Gasteiger partial charge in [0, 0.05) is 6.20 Å². The number of nitrogens with one attached hydrogen (secondary N) is 1. The van der Waals surface area contributed by atoms with Crippen LogP contribution in [0, 0.1) is 0 Å². The summed E-state index contributed by atoms with van der Waals surface area (Å²) in [5.41, 5.74) is 1.19. The second kappa shape index (κ2) is 5.54. The maximum atomic E-state index is 12.3. The smallest absolute Gasteiger partial charge is 0.253 e. The molecule has 1 amide bonds. The maximum Gasteiger partial charge on any atom is 0.253 e. The molecule has 6 heteroatoms. The first-order chi connectivity index (χ1) is 10.2. The first-order valence-electron chi connectivity index (χ1n) is 6.52. The van der Waals surface area contributed by atoms with Crippen LogP contribution in [0.25, 0.3) is 5.65 Å². The number of rotatable bonds is 3. The number of pyridine rings is 1. The molecule has 0 saturated heterocycles. The van der Waals surface area contributed by atoms with Crippen molar-refractivity contribution in [3.8, 4) is 0 Å². The number of benzene rings is 1. The van der Waals surface area contributed by atoms with Gasteiger partial charge in [0.15, 0.2) is 11.5 Å². The molecule has 0 saturated carbocycles. The quantitative estimate of drug-likeness (QED) is 0.809. The third-order valence-electron chi connectivity index (χ3n) is 3.19. The summed E-state index contributed by atoms with van der Waals surface area (Å²) in [5.74, 6) is 0.437. The summed E-state index contributed by atoms with van der Waals surface area (Å²) >= 11 is 6.03. The second-order valence-corrected chi connectivity index (χ2v) is 5.07. The molecular formula is C15H13ClN4O. The molecule has 1 atom stereocenters. The molecule has 21 heavy (non-hydrogen) atoms. The molecule has 0 spiro atoms. The molecule has 1 N–H and O–H groups in total. The number of fused-ring (bicyclic) bond motifs is 1. The lowest BCUT2D eigenvalue weighted by Crippen LogP contribution is -2.28. The highest BCUT2D eigenvalue weighted by Crippen LogP contribution is 2.17. The maximum absolute atomic E-state index is 12.3. The number of aromatic nitrogens is 3. The van der Waals surface area contributed by atoms with E-state index in [-0.39, 0.29) is 11.9 Å². The van der Waals surface area contributed by atoms with E-state index in [9.17, 15) is 4.79 Å². The fourth-order valence-corrected chi connectivity index (χ4v) is 2.36. The van der Waals surface area contributed by atoms with Crippen molar-refractivity contribution in [2.75, 3.05) is 0 Å². The molecule has 0 bridgehead atoms. The average molecular weight is 301 g/mol. The number of hydrogen-bond donors (Lipinski definition) is 1. The molecule has 5 nitrogen and oxygen atoms in total. The van der Waals surface area contributed by atoms with Crippen LogP contribution in [0.1, 0.15) is 29.1 Å². The molecule has 3 aromatic rings. The molecule has 0 fully saturated rings. The minimum absolute atomic E-state index is 0.235. The zero-order chi connectivity index (χ0) is 14.8. The van der Waals surface area contributed by atoms with E-state index < -0.39 is 0 Å². The topological polar surface area (TPSA) is 59.3 Å². The SMILES string of the molecule is C[C@H](NC(=O)c1ccccc1Cl)c1nnc2ccccn12. The van der Waals surface area contributed by atoms with Crippen molar-refractivity contribution >= 4 is 23.2 Å². The number of halogens is 1. The summed E-state index contributed by atoms with van der Waals surface area (Å²) in [5, 5.41) is 11.5. The highest BCUT2D eigenvalue weighted by molar-refractivity contribution is 6.33. The molecule has 2 heterocycles. The molecule has 0 aliphatic rings. The van der Waals surface area contributed by atoms with Crippen LogP contribution in [0.3, 0.4) is 0 Å². The summed E-state index contributed by atoms with van der Waals surface area (Å²) in [6, 6.07) is 12.3. The molecule has 3 rings (SSSR count). The molecule has 0 aliphatic heterocycles. The number of amides is 1. The van der Waals surface area contributed by atoms with Gasteiger partial charge in [0.1, 0.15) is 0 Å². The molecule has 1 aromatic carbocycles. The zero-order valence-corrected chi connectivity index (χ0v) is 12.1. The Morgan fingerprint density at radius 2 is 1.95 bits per heavy atom. The Balaban J connectivity index is 1.85. The van der Waals surface area contributed by atoms with E-state index >= 15 is 0 Å². The second-order valence-electron chi connectivity index (χ2n) is 4.66. The van der Waals surface area contributed by atoms with Gasteiger partial charge in [-0.1, -0.05) is 29.8 Å². The van der Waals surface area contributed by atoms with Crippen LogP contribution < -0.4 is 5.32 Å². The van der Waals surface area contributed by atoms with Crippen LogP contribution in [0.2, 0.25) is 5.02 Å². The molecule has 0 radical (unpaired) electrons. The molecule has 0 aliphatic carbocycles. The largest absolute Gasteiger partial charge is 0.342 e. The van der Waals surface area contributed by atoms with E-state index in [2.05, 4.69) is 15.5 Å². The van der Waals surface area contributed by atoms with Crippen LogP contribution in [-0.4, -0.2) is 20.5 Å². The summed E-state index contributed by atoms with van der Waals surface area (Å²) in [6.45, 7) is 1.86. The number of carbonyl (C=O) groups excluding carboxylic acids is 1. The van der Waals surface area contributed by atoms with Gasteiger partial charge in [0.2, 0.25) is 0 Å². The van der Waals surface area contributed by atoms with Crippen molar-refractivity contribution in [2.45, 2.75) is 13.0 Å². The van der Waals surface area contributed by atoms with Gasteiger partial charge >= 0.3 is 0 Å². The minimum atomic E-state index is -0.286. The van der Waals surface area contributed by atoms with Gasteiger partial charge in [-0.05, 0) is 31.2 Å². The third-order valence-corrected chi connectivity index (χ3v) is 3.52. The summed E-state index contributed by atoms with van der Waals surface area (Å²) in [7, 11) is 0. The Morgan fingerprint density at radius 1 is 1.19 bits per heavy atom. The standard InChI is InChI=1S/C15H13ClN4O/c1-10(14-19-18-13-8-4-5-9-20(13)14)17-15(21)11-6-2-3-7-12(11)16/h2-10H,1H3,(H,17,21)/t10-/m0/s1. The van der Waals surface area contributed by atoms with Crippen LogP contribution in [0.5, 0.6) is 0 Å². The van der Waals surface area contributed by atoms with Gasteiger partial charge in [-0.25, -0.2) is 0 Å². The molecule has 2 aromatic heterocycles. The predicted molar refractivity (Wildman–Crippen MR) is 80.3 cm³/mol. The molecular weight excluding hydrogens is 288 g/mol. The third kappa shape index (κ3) is 2.60. The van der Waals surface area contributed by atoms with E-state index in [1.165, 1.54) is 0 Å². The van der Waals surface area contributed by atoms with Crippen molar-refractivity contribution in [1.29, 1.82) is 0 Å². The average Bonchev–Trinajstić information content (AvgIpc) is 2.91. The zero-order valence-electron chi connectivity index (χ0n) is 11.3. The van der Waals surface area contributed by atoms with Gasteiger partial charge in [-0.3, -0.25) is 9.20 Å². The van der Waals surface area contributed by atoms with Crippen LogP contribution in [0.4, 0.5) is 0 Å². The fourth-order valence-electron chi connectivity index (χ4n) is 2.14. The van der Waals surface area contributed by atoms with Crippen LogP contribution >= 0.6 is 11.6 Å². The van der Waals surface area contributed by atoms with Crippen LogP contribution in [0.15, 0.2) is 48.7 Å². The predicted octanol–water partition coefficient (Wildman–Crippen LogP) is 2.87. The highest BCUT2D eigenvalue weighted by atomic mass is 35.5. The first-order valence-corrected chi connectivity index (χ1v) is 6.89. The lowest BCUT2D eigenvalue weighted by atomic mass is 10.2. The Labute approximate surface area is 126 Å². The molecule has 0 unspecified atom stereocenters. The summed E-state index contributed by atoms with van der Waals surface area (Å²) in [4.78, 5) is 12.3. The molecule has 106 valence electrons. The van der Waals surface area contributed by atoms with Crippen molar-refractivity contribution < 1.29 is 4.79 Å². The van der Waals surface area contributed by atoms with Crippen molar-refractivity contribution in [3.63, 3.8) is 0 Å². The fraction of sp³-hybridized carbons (Fsp3) is 0.133. The first kappa shape index (κ1) is 13.6. The number of nitrogens with zero attached hydrogens (tertiary/aromatic N) is 3. The number of carbonyl (C=O) groups is 1. The Morgan fingerprint density at radius 3 is 2.76 bits per heavy atom. The van der Waals surface area contributed by atoms with Gasteiger partial charge in [-0.2, -0.15) is 0 Å². The van der Waals surface area contributed by atoms with Crippen molar-refractivity contribution in [2.24, 2.45) is 0 Å². The summed E-state index contributed by atoms with van der Waals surface area (Å²) in [6.07, 6.45) is 1.86. The van der Waals surface area contributed by atoms with Gasteiger partial charge < -0.3 is 5.32 Å². The Hall–Kier alpha value is -2.40. The van der Waals surface area contributed by atoms with Crippen LogP contribution in [-0.2, 0) is 0 Å². The summed E-state index contributed by atoms with van der Waals surface area (Å²) < 4.78 is 1.84. The Bertz CT molecular complexity index is 799. The van der Waals surface area contributed by atoms with Gasteiger partial charge in [-0.15, -0.1) is 10.2 Å². The van der Waals surface area contributed by atoms with Gasteiger partial charge in [0.25, 0.3) is 5.91 Å². The van der Waals surface area contributed by atoms with E-state index in [1.54, 1.807) is 24.3 Å². The van der Waals surface area contributed by atoms with E-state index in [1.807, 2.05) is 35.7 Å². The minimum Gasteiger partial charge on any atom is -0.342 e. The number of hydrogen-bond acceptors (Lipinski definition) is 3. The van der Waals surface area contributed by atoms with E-state index in [0.29, 0.717) is 16.4 Å². The lowest BCUT2D eigenvalue weighted by molar-refractivity contribution is 0.0938. The van der Waals surface area contributed by atoms with E-state index in [0.717, 1.165) is 5.65 Å². The highest BCUT2D eigenvalue weighted by Gasteiger charge is 2.17. The van der Waals surface area contributed by atoms with E-state index in [4.69, 9.17) is 11.6 Å².